The Morgan fingerprint density at radius 3 is 2.63 bits per heavy atom. The van der Waals surface area contributed by atoms with Crippen LogP contribution in [0.4, 0.5) is 5.95 Å². The third kappa shape index (κ3) is 4.58. The minimum Gasteiger partial charge on any atom is -0.493 e. The summed E-state index contributed by atoms with van der Waals surface area (Å²) in [5.74, 6) is 0.527. The number of halogens is 2. The van der Waals surface area contributed by atoms with Gasteiger partial charge in [-0.3, -0.25) is 10.1 Å². The third-order valence-corrected chi connectivity index (χ3v) is 4.52. The predicted octanol–water partition coefficient (Wildman–Crippen LogP) is 4.01. The van der Waals surface area contributed by atoms with Crippen LogP contribution in [-0.4, -0.2) is 34.9 Å². The largest absolute Gasteiger partial charge is 0.493 e. The van der Waals surface area contributed by atoms with Crippen molar-refractivity contribution in [3.05, 3.63) is 63.3 Å². The molecule has 2 aromatic carbocycles. The summed E-state index contributed by atoms with van der Waals surface area (Å²) in [7, 11) is 2.95. The van der Waals surface area contributed by atoms with Gasteiger partial charge >= 0.3 is 0 Å². The number of benzene rings is 2. The fraction of sp³-hybridized carbons (Fsp3) is 0.167. The maximum absolute atomic E-state index is 12.5. The molecule has 0 unspecified atom stereocenters. The van der Waals surface area contributed by atoms with Gasteiger partial charge in [-0.1, -0.05) is 39.7 Å². The molecule has 3 aromatic rings. The summed E-state index contributed by atoms with van der Waals surface area (Å²) in [6, 6.07) is 10.9. The highest BCUT2D eigenvalue weighted by atomic mass is 79.9. The first-order valence-electron chi connectivity index (χ1n) is 7.87. The van der Waals surface area contributed by atoms with E-state index in [1.165, 1.54) is 20.3 Å². The SMILES string of the molecule is COc1cc(C(=O)Nc2ncn(Cc3ccc(Br)cc3)n2)cc(Cl)c1OC. The Bertz CT molecular complexity index is 960. The number of hydrogen-bond donors (Lipinski definition) is 1. The van der Waals surface area contributed by atoms with E-state index in [0.717, 1.165) is 10.0 Å². The van der Waals surface area contributed by atoms with Crippen molar-refractivity contribution in [1.29, 1.82) is 0 Å². The van der Waals surface area contributed by atoms with Crippen molar-refractivity contribution in [2.45, 2.75) is 6.54 Å². The lowest BCUT2D eigenvalue weighted by Crippen LogP contribution is -2.14. The first kappa shape index (κ1) is 19.2. The zero-order valence-electron chi connectivity index (χ0n) is 14.6. The molecule has 0 radical (unpaired) electrons. The van der Waals surface area contributed by atoms with Crippen LogP contribution < -0.4 is 14.8 Å². The van der Waals surface area contributed by atoms with Crippen LogP contribution in [0.2, 0.25) is 5.02 Å². The van der Waals surface area contributed by atoms with E-state index >= 15 is 0 Å². The van der Waals surface area contributed by atoms with Crippen LogP contribution in [0.5, 0.6) is 11.5 Å². The van der Waals surface area contributed by atoms with E-state index in [-0.39, 0.29) is 11.0 Å². The highest BCUT2D eigenvalue weighted by molar-refractivity contribution is 9.10. The lowest BCUT2D eigenvalue weighted by atomic mass is 10.2. The number of nitrogens with zero attached hydrogens (tertiary/aromatic N) is 3. The summed E-state index contributed by atoms with van der Waals surface area (Å²) in [6.07, 6.45) is 1.55. The lowest BCUT2D eigenvalue weighted by Gasteiger charge is -2.11. The number of methoxy groups -OCH3 is 2. The maximum Gasteiger partial charge on any atom is 0.258 e. The molecule has 1 aromatic heterocycles. The Morgan fingerprint density at radius 1 is 1.22 bits per heavy atom. The second kappa shape index (κ2) is 8.41. The molecule has 1 N–H and O–H groups in total. The first-order chi connectivity index (χ1) is 13.0. The van der Waals surface area contributed by atoms with Gasteiger partial charge < -0.3 is 9.47 Å². The van der Waals surface area contributed by atoms with Crippen LogP contribution in [0.1, 0.15) is 15.9 Å². The number of hydrogen-bond acceptors (Lipinski definition) is 5. The molecule has 7 nitrogen and oxygen atoms in total. The monoisotopic (exact) mass is 450 g/mol. The molecule has 3 rings (SSSR count). The van der Waals surface area contributed by atoms with E-state index in [4.69, 9.17) is 21.1 Å². The standard InChI is InChI=1S/C18H16BrClN4O3/c1-26-15-8-12(7-14(20)16(15)27-2)17(25)22-18-21-10-24(23-18)9-11-3-5-13(19)6-4-11/h3-8,10H,9H2,1-2H3,(H,22,23,25). The predicted molar refractivity (Wildman–Crippen MR) is 106 cm³/mol. The number of carbonyl (C=O) groups is 1. The van der Waals surface area contributed by atoms with Crippen molar-refractivity contribution in [2.75, 3.05) is 19.5 Å². The molecular weight excluding hydrogens is 436 g/mol. The Morgan fingerprint density at radius 2 is 1.96 bits per heavy atom. The molecular formula is C18H16BrClN4O3. The van der Waals surface area contributed by atoms with E-state index in [9.17, 15) is 4.79 Å². The highest BCUT2D eigenvalue weighted by Gasteiger charge is 2.16. The van der Waals surface area contributed by atoms with Gasteiger partial charge in [-0.25, -0.2) is 9.67 Å². The smallest absolute Gasteiger partial charge is 0.258 e. The molecule has 0 saturated heterocycles. The van der Waals surface area contributed by atoms with Gasteiger partial charge in [0.05, 0.1) is 25.8 Å². The van der Waals surface area contributed by atoms with E-state index in [0.29, 0.717) is 23.6 Å². The molecule has 0 fully saturated rings. The van der Waals surface area contributed by atoms with E-state index in [1.807, 2.05) is 24.3 Å². The van der Waals surface area contributed by atoms with Crippen molar-refractivity contribution < 1.29 is 14.3 Å². The van der Waals surface area contributed by atoms with Crippen LogP contribution in [0.25, 0.3) is 0 Å². The van der Waals surface area contributed by atoms with Crippen LogP contribution >= 0.6 is 27.5 Å². The van der Waals surface area contributed by atoms with Gasteiger partial charge in [-0.05, 0) is 29.8 Å². The van der Waals surface area contributed by atoms with Crippen LogP contribution in [0, 0.1) is 0 Å². The number of carbonyl (C=O) groups excluding carboxylic acids is 1. The topological polar surface area (TPSA) is 78.3 Å². The molecule has 0 aliphatic rings. The zero-order valence-corrected chi connectivity index (χ0v) is 16.9. The number of nitrogens with one attached hydrogen (secondary N) is 1. The Labute approximate surface area is 169 Å². The molecule has 0 atom stereocenters. The Hall–Kier alpha value is -2.58. The molecule has 9 heteroatoms. The number of anilines is 1. The molecule has 27 heavy (non-hydrogen) atoms. The molecule has 0 aliphatic heterocycles. The molecule has 0 bridgehead atoms. The fourth-order valence-electron chi connectivity index (χ4n) is 2.43. The van der Waals surface area contributed by atoms with Crippen molar-refractivity contribution in [1.82, 2.24) is 14.8 Å². The lowest BCUT2D eigenvalue weighted by molar-refractivity contribution is 0.102. The zero-order chi connectivity index (χ0) is 19.4. The van der Waals surface area contributed by atoms with Gasteiger partial charge in [0.15, 0.2) is 11.5 Å². The van der Waals surface area contributed by atoms with Crippen LogP contribution in [0.3, 0.4) is 0 Å². The van der Waals surface area contributed by atoms with Gasteiger partial charge in [0.1, 0.15) is 6.33 Å². The average molecular weight is 452 g/mol. The summed E-state index contributed by atoms with van der Waals surface area (Å²) < 4.78 is 13.0. The summed E-state index contributed by atoms with van der Waals surface area (Å²) in [5, 5.41) is 7.18. The molecule has 1 amide bonds. The number of ether oxygens (including phenoxy) is 2. The average Bonchev–Trinajstić information content (AvgIpc) is 3.09. The molecule has 0 aliphatic carbocycles. The number of amides is 1. The summed E-state index contributed by atoms with van der Waals surface area (Å²) in [5.41, 5.74) is 1.37. The van der Waals surface area contributed by atoms with Crippen molar-refractivity contribution in [3.8, 4) is 11.5 Å². The fourth-order valence-corrected chi connectivity index (χ4v) is 2.98. The summed E-state index contributed by atoms with van der Waals surface area (Å²) in [6.45, 7) is 0.540. The minimum atomic E-state index is -0.403. The molecule has 140 valence electrons. The summed E-state index contributed by atoms with van der Waals surface area (Å²) in [4.78, 5) is 16.6. The van der Waals surface area contributed by atoms with E-state index in [2.05, 4.69) is 31.3 Å². The normalized spacial score (nSPS) is 10.5. The van der Waals surface area contributed by atoms with E-state index < -0.39 is 5.91 Å². The van der Waals surface area contributed by atoms with Gasteiger partial charge in [-0.2, -0.15) is 0 Å². The second-order valence-electron chi connectivity index (χ2n) is 5.54. The maximum atomic E-state index is 12.5. The quantitative estimate of drug-likeness (QED) is 0.613. The third-order valence-electron chi connectivity index (χ3n) is 3.72. The van der Waals surface area contributed by atoms with E-state index in [1.54, 1.807) is 17.1 Å². The van der Waals surface area contributed by atoms with Crippen molar-refractivity contribution in [2.24, 2.45) is 0 Å². The van der Waals surface area contributed by atoms with Gasteiger partial charge in [0.25, 0.3) is 5.91 Å². The number of rotatable bonds is 6. The number of aromatic nitrogens is 3. The molecule has 0 saturated carbocycles. The van der Waals surface area contributed by atoms with Gasteiger partial charge in [0, 0.05) is 10.0 Å². The van der Waals surface area contributed by atoms with Gasteiger partial charge in [0.2, 0.25) is 5.95 Å². The van der Waals surface area contributed by atoms with Crippen LogP contribution in [-0.2, 0) is 6.54 Å². The van der Waals surface area contributed by atoms with Gasteiger partial charge in [-0.15, -0.1) is 5.10 Å². The highest BCUT2D eigenvalue weighted by Crippen LogP contribution is 2.36. The first-order valence-corrected chi connectivity index (χ1v) is 9.04. The van der Waals surface area contributed by atoms with Crippen LogP contribution in [0.15, 0.2) is 47.2 Å². The summed E-state index contributed by atoms with van der Waals surface area (Å²) >= 11 is 9.54. The Kier molecular flexibility index (Phi) is 5.98. The second-order valence-corrected chi connectivity index (χ2v) is 6.86. The van der Waals surface area contributed by atoms with Crippen molar-refractivity contribution in [3.63, 3.8) is 0 Å². The Balaban J connectivity index is 1.72. The molecule has 0 spiro atoms. The molecule has 1 heterocycles. The van der Waals surface area contributed by atoms with Crippen molar-refractivity contribution >= 4 is 39.4 Å². The minimum absolute atomic E-state index is 0.197.